The molecule has 1 aliphatic carbocycles. The van der Waals surface area contributed by atoms with Gasteiger partial charge in [0.25, 0.3) is 0 Å². The lowest BCUT2D eigenvalue weighted by atomic mass is 10.1. The molecule has 6 nitrogen and oxygen atoms in total. The number of amides is 1. The Balaban J connectivity index is 1.62. The maximum absolute atomic E-state index is 12.3. The molecule has 0 aromatic heterocycles. The zero-order chi connectivity index (χ0) is 19.9. The predicted octanol–water partition coefficient (Wildman–Crippen LogP) is 3.57. The molecule has 2 N–H and O–H groups in total. The van der Waals surface area contributed by atoms with Gasteiger partial charge in [-0.25, -0.2) is 4.79 Å². The summed E-state index contributed by atoms with van der Waals surface area (Å²) in [4.78, 5) is 23.2. The first kappa shape index (κ1) is 19.7. The van der Waals surface area contributed by atoms with Crippen LogP contribution < -0.4 is 14.8 Å². The third-order valence-electron chi connectivity index (χ3n) is 4.91. The molecule has 0 radical (unpaired) electrons. The number of carboxylic acids is 1. The molecule has 2 aromatic carbocycles. The summed E-state index contributed by atoms with van der Waals surface area (Å²) in [5, 5.41) is 11.8. The number of rotatable bonds is 8. The van der Waals surface area contributed by atoms with E-state index in [4.69, 9.17) is 14.6 Å². The van der Waals surface area contributed by atoms with Crippen molar-refractivity contribution in [2.75, 3.05) is 7.11 Å². The van der Waals surface area contributed by atoms with Crippen LogP contribution in [-0.4, -0.2) is 30.2 Å². The van der Waals surface area contributed by atoms with Crippen LogP contribution in [0.1, 0.15) is 47.2 Å². The van der Waals surface area contributed by atoms with Crippen molar-refractivity contribution in [3.8, 4) is 11.5 Å². The van der Waals surface area contributed by atoms with E-state index in [0.29, 0.717) is 18.0 Å². The van der Waals surface area contributed by atoms with Gasteiger partial charge in [-0.15, -0.1) is 0 Å². The minimum Gasteiger partial charge on any atom is -0.493 e. The highest BCUT2D eigenvalue weighted by atomic mass is 16.5. The maximum Gasteiger partial charge on any atom is 0.335 e. The van der Waals surface area contributed by atoms with Crippen LogP contribution in [0.15, 0.2) is 42.5 Å². The summed E-state index contributed by atoms with van der Waals surface area (Å²) in [7, 11) is 1.61. The van der Waals surface area contributed by atoms with Crippen molar-refractivity contribution in [2.24, 2.45) is 0 Å². The zero-order valence-electron chi connectivity index (χ0n) is 15.9. The van der Waals surface area contributed by atoms with Gasteiger partial charge in [0, 0.05) is 12.1 Å². The van der Waals surface area contributed by atoms with Crippen LogP contribution in [0.5, 0.6) is 11.5 Å². The second-order valence-corrected chi connectivity index (χ2v) is 6.93. The second kappa shape index (κ2) is 9.26. The number of methoxy groups -OCH3 is 1. The quantitative estimate of drug-likeness (QED) is 0.728. The van der Waals surface area contributed by atoms with Crippen LogP contribution >= 0.6 is 0 Å². The molecule has 3 rings (SSSR count). The summed E-state index contributed by atoms with van der Waals surface area (Å²) in [5.74, 6) is 0.243. The number of aromatic carboxylic acids is 1. The molecular weight excluding hydrogens is 358 g/mol. The molecule has 0 aliphatic heterocycles. The molecule has 2 aromatic rings. The Labute approximate surface area is 164 Å². The van der Waals surface area contributed by atoms with Gasteiger partial charge < -0.3 is 19.9 Å². The number of nitrogens with one attached hydrogen (secondary N) is 1. The topological polar surface area (TPSA) is 84.9 Å². The lowest BCUT2D eigenvalue weighted by molar-refractivity contribution is -0.120. The number of para-hydroxylation sites is 1. The highest BCUT2D eigenvalue weighted by Crippen LogP contribution is 2.34. The molecule has 0 bridgehead atoms. The molecule has 0 heterocycles. The fourth-order valence-electron chi connectivity index (χ4n) is 3.37. The van der Waals surface area contributed by atoms with Crippen molar-refractivity contribution in [1.82, 2.24) is 5.32 Å². The van der Waals surface area contributed by atoms with Crippen LogP contribution in [0.25, 0.3) is 0 Å². The van der Waals surface area contributed by atoms with Gasteiger partial charge in [0.05, 0.1) is 25.2 Å². The Bertz CT molecular complexity index is 825. The standard InChI is InChI=1S/C22H25NO5/c1-27-19-8-4-5-17(21(19)28-18-6-2-3-7-18)14-23-20(24)13-15-9-11-16(12-10-15)22(25)26/h4-5,8-12,18H,2-3,6-7,13-14H2,1H3,(H,23,24)(H,25,26). The molecule has 148 valence electrons. The Hall–Kier alpha value is -3.02. The second-order valence-electron chi connectivity index (χ2n) is 6.93. The summed E-state index contributed by atoms with van der Waals surface area (Å²) >= 11 is 0. The average Bonchev–Trinajstić information content (AvgIpc) is 3.20. The Morgan fingerprint density at radius 1 is 1.11 bits per heavy atom. The van der Waals surface area contributed by atoms with Gasteiger partial charge in [0.2, 0.25) is 5.91 Å². The fourth-order valence-corrected chi connectivity index (χ4v) is 3.37. The molecule has 0 spiro atoms. The normalized spacial score (nSPS) is 13.9. The predicted molar refractivity (Wildman–Crippen MR) is 105 cm³/mol. The van der Waals surface area contributed by atoms with Crippen LogP contribution in [0.4, 0.5) is 0 Å². The van der Waals surface area contributed by atoms with Gasteiger partial charge in [0.15, 0.2) is 11.5 Å². The summed E-state index contributed by atoms with van der Waals surface area (Å²) in [6, 6.07) is 12.0. The lowest BCUT2D eigenvalue weighted by Crippen LogP contribution is -2.25. The number of hydrogen-bond donors (Lipinski definition) is 2. The fraction of sp³-hybridized carbons (Fsp3) is 0.364. The highest BCUT2D eigenvalue weighted by molar-refractivity contribution is 5.87. The third-order valence-corrected chi connectivity index (χ3v) is 4.91. The molecule has 1 aliphatic rings. The SMILES string of the molecule is COc1cccc(CNC(=O)Cc2ccc(C(=O)O)cc2)c1OC1CCCC1. The summed E-state index contributed by atoms with van der Waals surface area (Å²) in [6.07, 6.45) is 4.80. The van der Waals surface area contributed by atoms with Crippen LogP contribution in [-0.2, 0) is 17.8 Å². The minimum atomic E-state index is -0.983. The van der Waals surface area contributed by atoms with Gasteiger partial charge >= 0.3 is 5.97 Å². The number of carbonyl (C=O) groups excluding carboxylic acids is 1. The molecule has 28 heavy (non-hydrogen) atoms. The van der Waals surface area contributed by atoms with Gasteiger partial charge in [-0.2, -0.15) is 0 Å². The highest BCUT2D eigenvalue weighted by Gasteiger charge is 2.20. The molecule has 1 saturated carbocycles. The molecule has 0 atom stereocenters. The number of ether oxygens (including phenoxy) is 2. The van der Waals surface area contributed by atoms with E-state index in [2.05, 4.69) is 5.32 Å². The van der Waals surface area contributed by atoms with E-state index in [1.165, 1.54) is 25.0 Å². The van der Waals surface area contributed by atoms with Crippen molar-refractivity contribution in [3.63, 3.8) is 0 Å². The van der Waals surface area contributed by atoms with Crippen molar-refractivity contribution in [3.05, 3.63) is 59.2 Å². The van der Waals surface area contributed by atoms with Gasteiger partial charge in [-0.1, -0.05) is 24.3 Å². The first-order chi connectivity index (χ1) is 13.6. The monoisotopic (exact) mass is 383 g/mol. The smallest absolute Gasteiger partial charge is 0.335 e. The molecule has 1 amide bonds. The van der Waals surface area contributed by atoms with Gasteiger partial charge in [0.1, 0.15) is 0 Å². The summed E-state index contributed by atoms with van der Waals surface area (Å²) < 4.78 is 11.6. The molecule has 6 heteroatoms. The van der Waals surface area contributed by atoms with E-state index in [-0.39, 0.29) is 24.0 Å². The number of carbonyl (C=O) groups is 2. The first-order valence-electron chi connectivity index (χ1n) is 9.48. The number of hydrogen-bond acceptors (Lipinski definition) is 4. The Kier molecular flexibility index (Phi) is 6.53. The van der Waals surface area contributed by atoms with E-state index >= 15 is 0 Å². The van der Waals surface area contributed by atoms with Crippen LogP contribution in [0.3, 0.4) is 0 Å². The first-order valence-corrected chi connectivity index (χ1v) is 9.48. The molecule has 1 fully saturated rings. The van der Waals surface area contributed by atoms with Crippen molar-refractivity contribution in [2.45, 2.75) is 44.8 Å². The van der Waals surface area contributed by atoms with E-state index in [1.54, 1.807) is 19.2 Å². The van der Waals surface area contributed by atoms with Crippen molar-refractivity contribution in [1.29, 1.82) is 0 Å². The van der Waals surface area contributed by atoms with E-state index in [0.717, 1.165) is 24.0 Å². The van der Waals surface area contributed by atoms with Crippen molar-refractivity contribution < 1.29 is 24.2 Å². The van der Waals surface area contributed by atoms with Gasteiger partial charge in [-0.05, 0) is 49.4 Å². The maximum atomic E-state index is 12.3. The lowest BCUT2D eigenvalue weighted by Gasteiger charge is -2.19. The molecule has 0 unspecified atom stereocenters. The molecule has 0 saturated heterocycles. The van der Waals surface area contributed by atoms with Gasteiger partial charge in [-0.3, -0.25) is 4.79 Å². The van der Waals surface area contributed by atoms with E-state index < -0.39 is 5.97 Å². The zero-order valence-corrected chi connectivity index (χ0v) is 15.9. The minimum absolute atomic E-state index is 0.141. The molecular formula is C22H25NO5. The summed E-state index contributed by atoms with van der Waals surface area (Å²) in [6.45, 7) is 0.339. The largest absolute Gasteiger partial charge is 0.493 e. The third kappa shape index (κ3) is 5.03. The van der Waals surface area contributed by atoms with E-state index in [1.807, 2.05) is 18.2 Å². The number of carboxylic acid groups (broad SMARTS) is 1. The number of benzene rings is 2. The van der Waals surface area contributed by atoms with Crippen LogP contribution in [0, 0.1) is 0 Å². The summed E-state index contributed by atoms with van der Waals surface area (Å²) in [5.41, 5.74) is 1.84. The average molecular weight is 383 g/mol. The van der Waals surface area contributed by atoms with Crippen molar-refractivity contribution >= 4 is 11.9 Å². The van der Waals surface area contributed by atoms with E-state index in [9.17, 15) is 9.59 Å². The Morgan fingerprint density at radius 3 is 2.46 bits per heavy atom. The van der Waals surface area contributed by atoms with Crippen LogP contribution in [0.2, 0.25) is 0 Å². The Morgan fingerprint density at radius 2 is 1.82 bits per heavy atom.